The van der Waals surface area contributed by atoms with Gasteiger partial charge in [0.05, 0.1) is 6.10 Å². The summed E-state index contributed by atoms with van der Waals surface area (Å²) in [6.45, 7) is 0.240. The first kappa shape index (κ1) is 12.6. The molecule has 0 spiro atoms. The maximum Gasteiger partial charge on any atom is 0.123 e. The summed E-state index contributed by atoms with van der Waals surface area (Å²) in [6.07, 6.45) is -2.07. The van der Waals surface area contributed by atoms with Crippen LogP contribution in [0.25, 0.3) is 0 Å². The molecule has 0 aliphatic heterocycles. The molecule has 0 saturated heterocycles. The zero-order valence-electron chi connectivity index (χ0n) is 8.24. The van der Waals surface area contributed by atoms with E-state index in [1.165, 1.54) is 18.2 Å². The monoisotopic (exact) mass is 277 g/mol. The van der Waals surface area contributed by atoms with Crippen molar-refractivity contribution >= 4 is 15.9 Å². The van der Waals surface area contributed by atoms with E-state index in [0.29, 0.717) is 10.0 Å². The molecule has 0 aliphatic carbocycles. The molecule has 0 bridgehead atoms. The van der Waals surface area contributed by atoms with Crippen LogP contribution in [0, 0.1) is 5.82 Å². The molecular formula is C10H13BrFNO2. The standard InChI is InChI=1S/C10H13BrFNO2/c1-13-5-9(14)10(15)7-4-6(12)2-3-8(7)11/h2-4,9-10,13-15H,5H2,1H3. The lowest BCUT2D eigenvalue weighted by Gasteiger charge is -2.18. The Labute approximate surface area is 96.1 Å². The van der Waals surface area contributed by atoms with Crippen molar-refractivity contribution < 1.29 is 14.6 Å². The van der Waals surface area contributed by atoms with Gasteiger partial charge in [-0.05, 0) is 25.2 Å². The second-order valence-corrected chi connectivity index (χ2v) is 4.09. The zero-order chi connectivity index (χ0) is 11.4. The lowest BCUT2D eigenvalue weighted by molar-refractivity contribution is 0.0196. The minimum Gasteiger partial charge on any atom is -0.389 e. The van der Waals surface area contributed by atoms with Crippen molar-refractivity contribution in [1.82, 2.24) is 5.32 Å². The Kier molecular flexibility index (Phi) is 4.66. The van der Waals surface area contributed by atoms with Gasteiger partial charge in [0.15, 0.2) is 0 Å². The number of rotatable bonds is 4. The summed E-state index contributed by atoms with van der Waals surface area (Å²) in [5, 5.41) is 22.0. The Morgan fingerprint density at radius 2 is 2.13 bits per heavy atom. The van der Waals surface area contributed by atoms with E-state index >= 15 is 0 Å². The van der Waals surface area contributed by atoms with Crippen molar-refractivity contribution in [3.8, 4) is 0 Å². The van der Waals surface area contributed by atoms with Crippen LogP contribution in [0.2, 0.25) is 0 Å². The fraction of sp³-hybridized carbons (Fsp3) is 0.400. The average Bonchev–Trinajstić information content (AvgIpc) is 2.21. The van der Waals surface area contributed by atoms with E-state index in [9.17, 15) is 14.6 Å². The van der Waals surface area contributed by atoms with Gasteiger partial charge in [0.2, 0.25) is 0 Å². The predicted octanol–water partition coefficient (Wildman–Crippen LogP) is 1.20. The van der Waals surface area contributed by atoms with Gasteiger partial charge in [-0.3, -0.25) is 0 Å². The molecule has 2 unspecified atom stereocenters. The Bertz CT molecular complexity index is 335. The van der Waals surface area contributed by atoms with Crippen LogP contribution >= 0.6 is 15.9 Å². The Morgan fingerprint density at radius 1 is 1.47 bits per heavy atom. The Hall–Kier alpha value is -0.490. The third-order valence-electron chi connectivity index (χ3n) is 2.05. The third kappa shape index (κ3) is 3.24. The van der Waals surface area contributed by atoms with Crippen LogP contribution in [-0.4, -0.2) is 29.9 Å². The topological polar surface area (TPSA) is 52.5 Å². The van der Waals surface area contributed by atoms with E-state index in [1.54, 1.807) is 7.05 Å². The van der Waals surface area contributed by atoms with Gasteiger partial charge in [-0.15, -0.1) is 0 Å². The highest BCUT2D eigenvalue weighted by atomic mass is 79.9. The van der Waals surface area contributed by atoms with Crippen molar-refractivity contribution in [3.63, 3.8) is 0 Å². The molecule has 1 aromatic carbocycles. The summed E-state index contributed by atoms with van der Waals surface area (Å²) in [5.74, 6) is -0.441. The SMILES string of the molecule is CNCC(O)C(O)c1cc(F)ccc1Br. The van der Waals surface area contributed by atoms with Crippen molar-refractivity contribution in [3.05, 3.63) is 34.1 Å². The van der Waals surface area contributed by atoms with Gasteiger partial charge in [-0.2, -0.15) is 0 Å². The molecule has 0 heterocycles. The van der Waals surface area contributed by atoms with E-state index < -0.39 is 18.0 Å². The van der Waals surface area contributed by atoms with Crippen molar-refractivity contribution in [2.75, 3.05) is 13.6 Å². The summed E-state index contributed by atoms with van der Waals surface area (Å²) in [7, 11) is 1.66. The van der Waals surface area contributed by atoms with Gasteiger partial charge in [0.1, 0.15) is 11.9 Å². The van der Waals surface area contributed by atoms with Crippen molar-refractivity contribution in [2.45, 2.75) is 12.2 Å². The smallest absolute Gasteiger partial charge is 0.123 e. The van der Waals surface area contributed by atoms with Gasteiger partial charge in [0, 0.05) is 16.6 Å². The van der Waals surface area contributed by atoms with E-state index in [4.69, 9.17) is 0 Å². The molecule has 0 saturated carbocycles. The number of halogens is 2. The summed E-state index contributed by atoms with van der Waals surface area (Å²) >= 11 is 3.19. The molecule has 3 N–H and O–H groups in total. The Morgan fingerprint density at radius 3 is 2.73 bits per heavy atom. The third-order valence-corrected chi connectivity index (χ3v) is 2.78. The average molecular weight is 278 g/mol. The second-order valence-electron chi connectivity index (χ2n) is 3.24. The molecule has 0 aliphatic rings. The lowest BCUT2D eigenvalue weighted by atomic mass is 10.0. The summed E-state index contributed by atoms with van der Waals surface area (Å²) in [4.78, 5) is 0. The first-order valence-electron chi connectivity index (χ1n) is 4.52. The molecule has 84 valence electrons. The minimum absolute atomic E-state index is 0.240. The summed E-state index contributed by atoms with van der Waals surface area (Å²) < 4.78 is 13.5. The quantitative estimate of drug-likeness (QED) is 0.775. The number of likely N-dealkylation sites (N-methyl/N-ethyl adjacent to an activating group) is 1. The molecule has 1 aromatic rings. The van der Waals surface area contributed by atoms with E-state index in [2.05, 4.69) is 21.2 Å². The maximum atomic E-state index is 12.9. The van der Waals surface area contributed by atoms with Crippen LogP contribution in [0.3, 0.4) is 0 Å². The van der Waals surface area contributed by atoms with Crippen molar-refractivity contribution in [2.24, 2.45) is 0 Å². The highest BCUT2D eigenvalue weighted by molar-refractivity contribution is 9.10. The number of hydrogen-bond acceptors (Lipinski definition) is 3. The van der Waals surface area contributed by atoms with Gasteiger partial charge >= 0.3 is 0 Å². The van der Waals surface area contributed by atoms with Crippen molar-refractivity contribution in [1.29, 1.82) is 0 Å². The van der Waals surface area contributed by atoms with Crippen LogP contribution in [0.15, 0.2) is 22.7 Å². The predicted molar refractivity (Wildman–Crippen MR) is 59.0 cm³/mol. The van der Waals surface area contributed by atoms with Crippen LogP contribution in [-0.2, 0) is 0 Å². The van der Waals surface area contributed by atoms with Crippen LogP contribution in [0.4, 0.5) is 4.39 Å². The molecule has 0 amide bonds. The molecule has 0 radical (unpaired) electrons. The summed E-state index contributed by atoms with van der Waals surface area (Å²) in [6, 6.07) is 3.98. The molecular weight excluding hydrogens is 265 g/mol. The fourth-order valence-corrected chi connectivity index (χ4v) is 1.75. The zero-order valence-corrected chi connectivity index (χ0v) is 9.83. The van der Waals surface area contributed by atoms with E-state index in [-0.39, 0.29) is 6.54 Å². The van der Waals surface area contributed by atoms with E-state index in [0.717, 1.165) is 0 Å². The molecule has 5 heteroatoms. The maximum absolute atomic E-state index is 12.9. The Balaban J connectivity index is 2.89. The number of aliphatic hydroxyl groups is 2. The first-order chi connectivity index (χ1) is 7.06. The highest BCUT2D eigenvalue weighted by Crippen LogP contribution is 2.26. The number of aliphatic hydroxyl groups excluding tert-OH is 2. The number of nitrogens with one attached hydrogen (secondary N) is 1. The van der Waals surface area contributed by atoms with Crippen LogP contribution in [0.5, 0.6) is 0 Å². The van der Waals surface area contributed by atoms with Crippen LogP contribution < -0.4 is 5.32 Å². The molecule has 0 aromatic heterocycles. The minimum atomic E-state index is -1.11. The molecule has 2 atom stereocenters. The number of benzene rings is 1. The normalized spacial score (nSPS) is 15.0. The van der Waals surface area contributed by atoms with Gasteiger partial charge in [-0.25, -0.2) is 4.39 Å². The number of hydrogen-bond donors (Lipinski definition) is 3. The van der Waals surface area contributed by atoms with Crippen LogP contribution in [0.1, 0.15) is 11.7 Å². The lowest BCUT2D eigenvalue weighted by Crippen LogP contribution is -2.29. The van der Waals surface area contributed by atoms with Gasteiger partial charge in [0.25, 0.3) is 0 Å². The largest absolute Gasteiger partial charge is 0.389 e. The second kappa shape index (κ2) is 5.55. The molecule has 0 fully saturated rings. The molecule has 1 rings (SSSR count). The highest BCUT2D eigenvalue weighted by Gasteiger charge is 2.20. The van der Waals surface area contributed by atoms with Gasteiger partial charge < -0.3 is 15.5 Å². The molecule has 3 nitrogen and oxygen atoms in total. The summed E-state index contributed by atoms with van der Waals surface area (Å²) in [5.41, 5.74) is 0.345. The van der Waals surface area contributed by atoms with E-state index in [1.807, 2.05) is 0 Å². The first-order valence-corrected chi connectivity index (χ1v) is 5.31. The fourth-order valence-electron chi connectivity index (χ4n) is 1.27. The molecule has 15 heavy (non-hydrogen) atoms. The van der Waals surface area contributed by atoms with Gasteiger partial charge in [-0.1, -0.05) is 15.9 Å².